The number of ether oxygens (including phenoxy) is 1. The number of hydrogen-bond acceptors (Lipinski definition) is 6. The van der Waals surface area contributed by atoms with Crippen molar-refractivity contribution < 1.29 is 9.53 Å². The molecule has 1 N–H and O–H groups in total. The molecule has 1 aromatic carbocycles. The zero-order valence-electron chi connectivity index (χ0n) is 12.4. The number of anilines is 1. The maximum atomic E-state index is 12.1. The van der Waals surface area contributed by atoms with Crippen molar-refractivity contribution in [2.45, 2.75) is 6.54 Å². The second kappa shape index (κ2) is 6.65. The van der Waals surface area contributed by atoms with Crippen molar-refractivity contribution in [1.29, 1.82) is 0 Å². The molecule has 0 aliphatic heterocycles. The molecule has 116 valence electrons. The lowest BCUT2D eigenvalue weighted by Crippen LogP contribution is -2.20. The molecule has 8 nitrogen and oxygen atoms in total. The number of rotatable bonds is 5. The summed E-state index contributed by atoms with van der Waals surface area (Å²) in [6, 6.07) is 10.8. The zero-order valence-corrected chi connectivity index (χ0v) is 12.4. The Kier molecular flexibility index (Phi) is 4.23. The van der Waals surface area contributed by atoms with Gasteiger partial charge in [0.25, 0.3) is 0 Å². The maximum Gasteiger partial charge on any atom is 0.248 e. The van der Waals surface area contributed by atoms with E-state index >= 15 is 0 Å². The number of carbonyl (C=O) groups excluding carboxylic acids is 1. The molecule has 0 aliphatic rings. The number of hydrogen-bond donors (Lipinski definition) is 1. The van der Waals surface area contributed by atoms with Crippen molar-refractivity contribution >= 4 is 11.6 Å². The summed E-state index contributed by atoms with van der Waals surface area (Å²) >= 11 is 0. The third-order valence-corrected chi connectivity index (χ3v) is 3.04. The summed E-state index contributed by atoms with van der Waals surface area (Å²) in [7, 11) is 1.55. The molecule has 0 bridgehead atoms. The largest absolute Gasteiger partial charge is 0.495 e. The summed E-state index contributed by atoms with van der Waals surface area (Å²) in [5.41, 5.74) is 1.33. The van der Waals surface area contributed by atoms with Crippen LogP contribution in [0.5, 0.6) is 5.75 Å². The van der Waals surface area contributed by atoms with Gasteiger partial charge < -0.3 is 10.1 Å². The number of methoxy groups -OCH3 is 1. The molecule has 3 rings (SSSR count). The van der Waals surface area contributed by atoms with E-state index in [1.54, 1.807) is 37.7 Å². The molecule has 23 heavy (non-hydrogen) atoms. The number of para-hydroxylation sites is 2. The minimum atomic E-state index is -0.273. The standard InChI is InChI=1S/C15H14N6O2/c1-23-13-7-3-2-6-12(13)17-14(22)10-21-19-15(18-20-21)11-5-4-8-16-9-11/h2-9H,10H2,1H3,(H,17,22). The van der Waals surface area contributed by atoms with E-state index in [4.69, 9.17) is 4.74 Å². The molecule has 0 saturated carbocycles. The molecule has 2 heterocycles. The number of amides is 1. The van der Waals surface area contributed by atoms with Gasteiger partial charge in [-0.3, -0.25) is 9.78 Å². The topological polar surface area (TPSA) is 94.8 Å². The summed E-state index contributed by atoms with van der Waals surface area (Å²) in [5, 5.41) is 14.7. The lowest BCUT2D eigenvalue weighted by Gasteiger charge is -2.09. The Labute approximate surface area is 132 Å². The Morgan fingerprint density at radius 2 is 2.13 bits per heavy atom. The Balaban J connectivity index is 1.68. The third kappa shape index (κ3) is 3.49. The second-order valence-corrected chi connectivity index (χ2v) is 4.63. The Morgan fingerprint density at radius 1 is 1.26 bits per heavy atom. The van der Waals surface area contributed by atoms with Crippen LogP contribution in [-0.2, 0) is 11.3 Å². The molecular formula is C15H14N6O2. The Hall–Kier alpha value is -3.29. The average molecular weight is 310 g/mol. The van der Waals surface area contributed by atoms with Crippen LogP contribution in [0.15, 0.2) is 48.8 Å². The van der Waals surface area contributed by atoms with E-state index in [2.05, 4.69) is 25.7 Å². The van der Waals surface area contributed by atoms with Gasteiger partial charge in [0.1, 0.15) is 12.3 Å². The van der Waals surface area contributed by atoms with Gasteiger partial charge in [0.05, 0.1) is 12.8 Å². The van der Waals surface area contributed by atoms with Gasteiger partial charge in [-0.15, -0.1) is 10.2 Å². The fourth-order valence-electron chi connectivity index (χ4n) is 1.99. The molecule has 0 aliphatic carbocycles. The predicted molar refractivity (Wildman–Crippen MR) is 82.7 cm³/mol. The summed E-state index contributed by atoms with van der Waals surface area (Å²) in [6.45, 7) is -0.0503. The summed E-state index contributed by atoms with van der Waals surface area (Å²) in [4.78, 5) is 17.3. The Bertz CT molecular complexity index is 802. The van der Waals surface area contributed by atoms with Crippen LogP contribution in [0, 0.1) is 0 Å². The molecule has 8 heteroatoms. The van der Waals surface area contributed by atoms with Crippen molar-refractivity contribution in [3.05, 3.63) is 48.8 Å². The van der Waals surface area contributed by atoms with Gasteiger partial charge in [-0.2, -0.15) is 4.80 Å². The molecule has 1 amide bonds. The maximum absolute atomic E-state index is 12.1. The molecule has 2 aromatic heterocycles. The lowest BCUT2D eigenvalue weighted by molar-refractivity contribution is -0.117. The van der Waals surface area contributed by atoms with Crippen LogP contribution in [0.3, 0.4) is 0 Å². The average Bonchev–Trinajstić information content (AvgIpc) is 3.04. The van der Waals surface area contributed by atoms with E-state index < -0.39 is 0 Å². The van der Waals surface area contributed by atoms with Gasteiger partial charge in [-0.05, 0) is 29.5 Å². The summed E-state index contributed by atoms with van der Waals surface area (Å²) in [6.07, 6.45) is 3.30. The van der Waals surface area contributed by atoms with Crippen LogP contribution >= 0.6 is 0 Å². The van der Waals surface area contributed by atoms with Crippen LogP contribution in [0.25, 0.3) is 11.4 Å². The third-order valence-electron chi connectivity index (χ3n) is 3.04. The predicted octanol–water partition coefficient (Wildman–Crippen LogP) is 1.38. The first-order valence-corrected chi connectivity index (χ1v) is 6.87. The number of aromatic nitrogens is 5. The van der Waals surface area contributed by atoms with Crippen molar-refractivity contribution in [1.82, 2.24) is 25.2 Å². The summed E-state index contributed by atoms with van der Waals surface area (Å²) in [5.74, 6) is 0.733. The normalized spacial score (nSPS) is 10.3. The van der Waals surface area contributed by atoms with E-state index in [1.807, 2.05) is 18.2 Å². The van der Waals surface area contributed by atoms with E-state index in [0.29, 0.717) is 17.3 Å². The van der Waals surface area contributed by atoms with Gasteiger partial charge in [0, 0.05) is 18.0 Å². The number of carbonyl (C=O) groups is 1. The monoisotopic (exact) mass is 310 g/mol. The molecule has 0 fully saturated rings. The highest BCUT2D eigenvalue weighted by Crippen LogP contribution is 2.22. The fourth-order valence-corrected chi connectivity index (χ4v) is 1.99. The van der Waals surface area contributed by atoms with Crippen molar-refractivity contribution in [3.63, 3.8) is 0 Å². The highest BCUT2D eigenvalue weighted by atomic mass is 16.5. The quantitative estimate of drug-likeness (QED) is 0.765. The number of tetrazole rings is 1. The molecule has 0 atom stereocenters. The first-order valence-electron chi connectivity index (χ1n) is 6.87. The van der Waals surface area contributed by atoms with Gasteiger partial charge in [0.15, 0.2) is 0 Å². The zero-order chi connectivity index (χ0) is 16.1. The second-order valence-electron chi connectivity index (χ2n) is 4.63. The van der Waals surface area contributed by atoms with E-state index in [1.165, 1.54) is 4.80 Å². The van der Waals surface area contributed by atoms with Gasteiger partial charge in [0.2, 0.25) is 11.7 Å². The first-order chi connectivity index (χ1) is 11.3. The highest BCUT2D eigenvalue weighted by molar-refractivity contribution is 5.91. The van der Waals surface area contributed by atoms with Gasteiger partial charge >= 0.3 is 0 Å². The van der Waals surface area contributed by atoms with Crippen LogP contribution in [0.1, 0.15) is 0 Å². The fraction of sp³-hybridized carbons (Fsp3) is 0.133. The SMILES string of the molecule is COc1ccccc1NC(=O)Cn1nnc(-c2cccnc2)n1. The minimum Gasteiger partial charge on any atom is -0.495 e. The smallest absolute Gasteiger partial charge is 0.248 e. The van der Waals surface area contributed by atoms with Crippen molar-refractivity contribution in [2.75, 3.05) is 12.4 Å². The molecule has 0 spiro atoms. The van der Waals surface area contributed by atoms with Crippen LogP contribution in [-0.4, -0.2) is 38.2 Å². The van der Waals surface area contributed by atoms with Gasteiger partial charge in [-0.1, -0.05) is 12.1 Å². The van der Waals surface area contributed by atoms with E-state index in [9.17, 15) is 4.79 Å². The summed E-state index contributed by atoms with van der Waals surface area (Å²) < 4.78 is 5.19. The first kappa shape index (κ1) is 14.6. The van der Waals surface area contributed by atoms with E-state index in [0.717, 1.165) is 5.56 Å². The lowest BCUT2D eigenvalue weighted by atomic mass is 10.3. The molecule has 3 aromatic rings. The van der Waals surface area contributed by atoms with Crippen LogP contribution < -0.4 is 10.1 Å². The minimum absolute atomic E-state index is 0.0503. The molecule has 0 unspecified atom stereocenters. The van der Waals surface area contributed by atoms with Crippen molar-refractivity contribution in [3.8, 4) is 17.1 Å². The van der Waals surface area contributed by atoms with Crippen LogP contribution in [0.4, 0.5) is 5.69 Å². The number of pyridine rings is 1. The van der Waals surface area contributed by atoms with E-state index in [-0.39, 0.29) is 12.5 Å². The number of nitrogens with one attached hydrogen (secondary N) is 1. The van der Waals surface area contributed by atoms with Crippen molar-refractivity contribution in [2.24, 2.45) is 0 Å². The van der Waals surface area contributed by atoms with Gasteiger partial charge in [-0.25, -0.2) is 0 Å². The molecule has 0 radical (unpaired) electrons. The Morgan fingerprint density at radius 3 is 2.91 bits per heavy atom. The number of nitrogens with zero attached hydrogens (tertiary/aromatic N) is 5. The highest BCUT2D eigenvalue weighted by Gasteiger charge is 2.11. The van der Waals surface area contributed by atoms with Crippen LogP contribution in [0.2, 0.25) is 0 Å². The molecular weight excluding hydrogens is 296 g/mol. The molecule has 0 saturated heterocycles. The number of benzene rings is 1.